The summed E-state index contributed by atoms with van der Waals surface area (Å²) in [5, 5.41) is 3.54. The quantitative estimate of drug-likeness (QED) is 0.544. The van der Waals surface area contributed by atoms with Gasteiger partial charge in [0.25, 0.3) is 5.91 Å². The van der Waals surface area contributed by atoms with Crippen molar-refractivity contribution in [3.63, 3.8) is 0 Å². The largest absolute Gasteiger partial charge is 0.496 e. The van der Waals surface area contributed by atoms with Crippen LogP contribution in [0.25, 0.3) is 0 Å². The van der Waals surface area contributed by atoms with Gasteiger partial charge in [0, 0.05) is 35.8 Å². The first kappa shape index (κ1) is 25.3. The highest BCUT2D eigenvalue weighted by atomic mass is 35.5. The Kier molecular flexibility index (Phi) is 9.65. The number of hydrogen-bond donors (Lipinski definition) is 1. The Morgan fingerprint density at radius 3 is 2.09 bits per heavy atom. The van der Waals surface area contributed by atoms with Crippen LogP contribution >= 0.6 is 11.6 Å². The van der Waals surface area contributed by atoms with Gasteiger partial charge in [-0.15, -0.1) is 0 Å². The molecule has 2 amide bonds. The number of hydrogen-bond acceptors (Lipinski definition) is 5. The molecule has 0 aliphatic carbocycles. The molecule has 0 heterocycles. The summed E-state index contributed by atoms with van der Waals surface area (Å²) in [5.74, 6) is 0.980. The summed E-state index contributed by atoms with van der Waals surface area (Å²) >= 11 is 5.98. The average Bonchev–Trinajstić information content (AvgIpc) is 2.81. The van der Waals surface area contributed by atoms with Crippen molar-refractivity contribution in [1.82, 2.24) is 10.2 Å². The molecule has 8 heteroatoms. The Hall–Kier alpha value is -2.93. The van der Waals surface area contributed by atoms with Crippen molar-refractivity contribution < 1.29 is 23.8 Å². The van der Waals surface area contributed by atoms with Gasteiger partial charge in [0.15, 0.2) is 6.61 Å². The molecular formula is C24H31ClN2O5. The predicted molar refractivity (Wildman–Crippen MR) is 124 cm³/mol. The molecule has 0 spiro atoms. The number of methoxy groups -OCH3 is 2. The van der Waals surface area contributed by atoms with E-state index < -0.39 is 6.04 Å². The lowest BCUT2D eigenvalue weighted by atomic mass is 10.1. The van der Waals surface area contributed by atoms with Gasteiger partial charge in [-0.2, -0.15) is 0 Å². The number of carbonyl (C=O) groups excluding carboxylic acids is 2. The molecule has 0 saturated carbocycles. The number of nitrogens with one attached hydrogen (secondary N) is 1. The maximum absolute atomic E-state index is 13.1. The van der Waals surface area contributed by atoms with Crippen molar-refractivity contribution in [3.05, 3.63) is 53.1 Å². The van der Waals surface area contributed by atoms with Crippen LogP contribution in [0.3, 0.4) is 0 Å². The van der Waals surface area contributed by atoms with E-state index in [1.54, 1.807) is 37.3 Å². The lowest BCUT2D eigenvalue weighted by Crippen LogP contribution is -2.50. The van der Waals surface area contributed by atoms with Gasteiger partial charge in [-0.1, -0.05) is 30.7 Å². The first-order chi connectivity index (χ1) is 15.3. The van der Waals surface area contributed by atoms with Crippen molar-refractivity contribution in [2.75, 3.05) is 20.8 Å². The van der Waals surface area contributed by atoms with Crippen LogP contribution in [0.1, 0.15) is 32.8 Å². The molecule has 32 heavy (non-hydrogen) atoms. The number of amides is 2. The Balaban J connectivity index is 2.18. The summed E-state index contributed by atoms with van der Waals surface area (Å²) in [6.45, 7) is 5.62. The summed E-state index contributed by atoms with van der Waals surface area (Å²) in [4.78, 5) is 27.4. The Labute approximate surface area is 194 Å². The maximum atomic E-state index is 13.1. The van der Waals surface area contributed by atoms with Gasteiger partial charge >= 0.3 is 0 Å². The summed E-state index contributed by atoms with van der Waals surface area (Å²) < 4.78 is 16.2. The molecule has 0 unspecified atom stereocenters. The van der Waals surface area contributed by atoms with E-state index in [4.69, 9.17) is 25.8 Å². The summed E-state index contributed by atoms with van der Waals surface area (Å²) in [7, 11) is 3.07. The Morgan fingerprint density at radius 2 is 1.56 bits per heavy atom. The molecule has 2 atom stereocenters. The molecule has 174 valence electrons. The molecule has 0 aliphatic rings. The van der Waals surface area contributed by atoms with Gasteiger partial charge in [-0.3, -0.25) is 9.59 Å². The molecule has 0 aliphatic heterocycles. The Bertz CT molecular complexity index is 882. The lowest BCUT2D eigenvalue weighted by Gasteiger charge is -2.29. The average molecular weight is 463 g/mol. The summed E-state index contributed by atoms with van der Waals surface area (Å²) in [6.07, 6.45) is 0.796. The van der Waals surface area contributed by atoms with E-state index in [1.807, 2.05) is 26.0 Å². The molecule has 0 fully saturated rings. The van der Waals surface area contributed by atoms with Crippen molar-refractivity contribution in [1.29, 1.82) is 0 Å². The van der Waals surface area contributed by atoms with Crippen LogP contribution in [-0.2, 0) is 16.1 Å². The lowest BCUT2D eigenvalue weighted by molar-refractivity contribution is -0.142. The first-order valence-corrected chi connectivity index (χ1v) is 10.8. The molecule has 1 N–H and O–H groups in total. The van der Waals surface area contributed by atoms with Crippen LogP contribution in [0, 0.1) is 0 Å². The van der Waals surface area contributed by atoms with Crippen LogP contribution < -0.4 is 19.5 Å². The number of carbonyl (C=O) groups is 2. The highest BCUT2D eigenvalue weighted by molar-refractivity contribution is 6.30. The van der Waals surface area contributed by atoms with Crippen molar-refractivity contribution in [2.45, 2.75) is 45.8 Å². The first-order valence-electron chi connectivity index (χ1n) is 10.5. The van der Waals surface area contributed by atoms with Crippen molar-refractivity contribution >= 4 is 23.4 Å². The smallest absolute Gasteiger partial charge is 0.261 e. The van der Waals surface area contributed by atoms with Crippen LogP contribution in [0.2, 0.25) is 5.02 Å². The zero-order valence-electron chi connectivity index (χ0n) is 19.2. The topological polar surface area (TPSA) is 77.1 Å². The zero-order valence-corrected chi connectivity index (χ0v) is 19.9. The van der Waals surface area contributed by atoms with Gasteiger partial charge in [-0.25, -0.2) is 0 Å². The van der Waals surface area contributed by atoms with E-state index in [0.717, 1.165) is 12.0 Å². The number of nitrogens with zero attached hydrogens (tertiary/aromatic N) is 1. The minimum atomic E-state index is -0.685. The van der Waals surface area contributed by atoms with Crippen molar-refractivity contribution in [3.8, 4) is 17.2 Å². The van der Waals surface area contributed by atoms with Gasteiger partial charge in [0.1, 0.15) is 23.3 Å². The van der Waals surface area contributed by atoms with Gasteiger partial charge in [0.2, 0.25) is 5.91 Å². The second kappa shape index (κ2) is 12.2. The summed E-state index contributed by atoms with van der Waals surface area (Å²) in [6, 6.07) is 11.5. The monoisotopic (exact) mass is 462 g/mol. The fourth-order valence-electron chi connectivity index (χ4n) is 2.93. The highest BCUT2D eigenvalue weighted by Crippen LogP contribution is 2.27. The van der Waals surface area contributed by atoms with Crippen LogP contribution in [-0.4, -0.2) is 49.6 Å². The number of halogens is 1. The Morgan fingerprint density at radius 1 is 1.00 bits per heavy atom. The summed E-state index contributed by atoms with van der Waals surface area (Å²) in [5.41, 5.74) is 0.856. The van der Waals surface area contributed by atoms with E-state index in [1.165, 1.54) is 19.1 Å². The van der Waals surface area contributed by atoms with Crippen LogP contribution in [0.5, 0.6) is 17.2 Å². The molecule has 0 saturated heterocycles. The normalized spacial score (nSPS) is 12.4. The number of rotatable bonds is 11. The second-order valence-electron chi connectivity index (χ2n) is 7.48. The van der Waals surface area contributed by atoms with Gasteiger partial charge < -0.3 is 24.4 Å². The highest BCUT2D eigenvalue weighted by Gasteiger charge is 2.27. The standard InChI is InChI=1S/C24H31ClN2O5/c1-6-16(2)26-24(29)17(3)27(14-18-7-9-19(25)10-8-18)23(28)15-32-22-12-20(30-4)11-21(13-22)31-5/h7-13,16-17H,6,14-15H2,1-5H3,(H,26,29)/t16-,17+/m1/s1. The minimum Gasteiger partial charge on any atom is -0.496 e. The van der Waals surface area contributed by atoms with E-state index >= 15 is 0 Å². The van der Waals surface area contributed by atoms with Gasteiger partial charge in [-0.05, 0) is 38.0 Å². The molecule has 2 rings (SSSR count). The molecule has 0 radical (unpaired) electrons. The predicted octanol–water partition coefficient (Wildman–Crippen LogP) is 4.07. The van der Waals surface area contributed by atoms with Gasteiger partial charge in [0.05, 0.1) is 14.2 Å². The van der Waals surface area contributed by atoms with Crippen LogP contribution in [0.15, 0.2) is 42.5 Å². The zero-order chi connectivity index (χ0) is 23.7. The fourth-order valence-corrected chi connectivity index (χ4v) is 3.05. The molecule has 7 nitrogen and oxygen atoms in total. The van der Waals surface area contributed by atoms with Crippen molar-refractivity contribution in [2.24, 2.45) is 0 Å². The van der Waals surface area contributed by atoms with E-state index in [9.17, 15) is 9.59 Å². The molecular weight excluding hydrogens is 432 g/mol. The molecule has 2 aromatic carbocycles. The molecule has 2 aromatic rings. The molecule has 0 bridgehead atoms. The number of ether oxygens (including phenoxy) is 3. The van der Waals surface area contributed by atoms with Crippen LogP contribution in [0.4, 0.5) is 0 Å². The maximum Gasteiger partial charge on any atom is 0.261 e. The number of benzene rings is 2. The van der Waals surface area contributed by atoms with E-state index in [0.29, 0.717) is 22.3 Å². The third-order valence-corrected chi connectivity index (χ3v) is 5.37. The van der Waals surface area contributed by atoms with E-state index in [-0.39, 0.29) is 31.0 Å². The SMILES string of the molecule is CC[C@@H](C)NC(=O)[C@H](C)N(Cc1ccc(Cl)cc1)C(=O)COc1cc(OC)cc(OC)c1. The van der Waals surface area contributed by atoms with E-state index in [2.05, 4.69) is 5.32 Å². The third kappa shape index (κ3) is 7.34. The third-order valence-electron chi connectivity index (χ3n) is 5.12. The fraction of sp³-hybridized carbons (Fsp3) is 0.417. The molecule has 0 aromatic heterocycles. The second-order valence-corrected chi connectivity index (χ2v) is 7.92. The minimum absolute atomic E-state index is 0.0120.